The van der Waals surface area contributed by atoms with E-state index in [4.69, 9.17) is 4.98 Å². The molecule has 2 aliphatic carbocycles. The molecule has 1 saturated heterocycles. The van der Waals surface area contributed by atoms with Gasteiger partial charge in [0.15, 0.2) is 5.13 Å². The summed E-state index contributed by atoms with van der Waals surface area (Å²) in [5.74, 6) is 1.54. The number of rotatable bonds is 4. The third kappa shape index (κ3) is 2.27. The van der Waals surface area contributed by atoms with Gasteiger partial charge in [0.05, 0.1) is 17.2 Å². The largest absolute Gasteiger partial charge is 0.391 e. The van der Waals surface area contributed by atoms with E-state index in [-0.39, 0.29) is 6.61 Å². The number of hydrogen-bond donors (Lipinski definition) is 1. The van der Waals surface area contributed by atoms with Gasteiger partial charge in [-0.3, -0.25) is 0 Å². The SMILES string of the molecule is OCc1sc(N2CCCC2C2CCCC2)nc1C1CC1. The molecule has 3 aliphatic rings. The fourth-order valence-corrected chi connectivity index (χ4v) is 5.21. The molecular formula is C16H24N2OS. The van der Waals surface area contributed by atoms with Crippen molar-refractivity contribution in [2.24, 2.45) is 5.92 Å². The molecule has 1 unspecified atom stereocenters. The van der Waals surface area contributed by atoms with Gasteiger partial charge in [-0.05, 0) is 44.4 Å². The molecule has 110 valence electrons. The lowest BCUT2D eigenvalue weighted by Crippen LogP contribution is -2.34. The molecule has 1 aromatic rings. The monoisotopic (exact) mass is 292 g/mol. The Hall–Kier alpha value is -0.610. The maximum absolute atomic E-state index is 9.58. The zero-order valence-electron chi connectivity index (χ0n) is 12.1. The minimum Gasteiger partial charge on any atom is -0.391 e. The first-order chi connectivity index (χ1) is 9.86. The van der Waals surface area contributed by atoms with Crippen LogP contribution in [0, 0.1) is 5.92 Å². The quantitative estimate of drug-likeness (QED) is 0.920. The summed E-state index contributed by atoms with van der Waals surface area (Å²) in [5, 5.41) is 10.8. The van der Waals surface area contributed by atoms with E-state index in [2.05, 4.69) is 4.90 Å². The maximum Gasteiger partial charge on any atom is 0.186 e. The first-order valence-electron chi connectivity index (χ1n) is 8.24. The van der Waals surface area contributed by atoms with Crippen LogP contribution in [0.5, 0.6) is 0 Å². The van der Waals surface area contributed by atoms with E-state index < -0.39 is 0 Å². The molecule has 4 rings (SSSR count). The molecule has 3 nitrogen and oxygen atoms in total. The van der Waals surface area contributed by atoms with Crippen LogP contribution < -0.4 is 4.90 Å². The van der Waals surface area contributed by atoms with Crippen molar-refractivity contribution in [2.75, 3.05) is 11.4 Å². The molecule has 1 aliphatic heterocycles. The standard InChI is InChI=1S/C16H24N2OS/c19-10-14-15(12-7-8-12)17-16(20-14)18-9-3-6-13(18)11-4-1-2-5-11/h11-13,19H,1-10H2. The molecule has 3 fully saturated rings. The van der Waals surface area contributed by atoms with Crippen LogP contribution in [0.1, 0.15) is 67.9 Å². The van der Waals surface area contributed by atoms with Gasteiger partial charge in [-0.25, -0.2) is 4.98 Å². The minimum absolute atomic E-state index is 0.172. The summed E-state index contributed by atoms with van der Waals surface area (Å²) in [6.45, 7) is 1.34. The topological polar surface area (TPSA) is 36.4 Å². The van der Waals surface area contributed by atoms with Gasteiger partial charge in [0.25, 0.3) is 0 Å². The molecule has 2 saturated carbocycles. The van der Waals surface area contributed by atoms with Crippen molar-refractivity contribution >= 4 is 16.5 Å². The lowest BCUT2D eigenvalue weighted by Gasteiger charge is -2.29. The molecule has 0 bridgehead atoms. The van der Waals surface area contributed by atoms with Gasteiger partial charge >= 0.3 is 0 Å². The van der Waals surface area contributed by atoms with Crippen molar-refractivity contribution in [3.63, 3.8) is 0 Å². The van der Waals surface area contributed by atoms with Crippen molar-refractivity contribution in [1.29, 1.82) is 0 Å². The molecule has 0 radical (unpaired) electrons. The molecule has 0 spiro atoms. The van der Waals surface area contributed by atoms with Crippen molar-refractivity contribution < 1.29 is 5.11 Å². The predicted molar refractivity (Wildman–Crippen MR) is 82.3 cm³/mol. The Morgan fingerprint density at radius 1 is 1.10 bits per heavy atom. The summed E-state index contributed by atoms with van der Waals surface area (Å²) in [6.07, 6.45) is 10.9. The average Bonchev–Trinajstić information content (AvgIpc) is 2.92. The van der Waals surface area contributed by atoms with E-state index in [1.807, 2.05) is 0 Å². The van der Waals surface area contributed by atoms with Gasteiger partial charge in [0.1, 0.15) is 0 Å². The van der Waals surface area contributed by atoms with Crippen LogP contribution >= 0.6 is 11.3 Å². The second-order valence-corrected chi connectivity index (χ2v) is 7.75. The van der Waals surface area contributed by atoms with Crippen LogP contribution in [0.2, 0.25) is 0 Å². The Balaban J connectivity index is 1.59. The number of aromatic nitrogens is 1. The van der Waals surface area contributed by atoms with Crippen LogP contribution in [-0.2, 0) is 6.61 Å². The maximum atomic E-state index is 9.58. The molecule has 1 N–H and O–H groups in total. The van der Waals surface area contributed by atoms with Gasteiger partial charge in [-0.1, -0.05) is 24.2 Å². The highest BCUT2D eigenvalue weighted by Crippen LogP contribution is 2.46. The van der Waals surface area contributed by atoms with Gasteiger partial charge in [-0.2, -0.15) is 0 Å². The van der Waals surface area contributed by atoms with Crippen LogP contribution in [0.25, 0.3) is 0 Å². The van der Waals surface area contributed by atoms with Crippen molar-refractivity contribution in [1.82, 2.24) is 4.98 Å². The Morgan fingerprint density at radius 3 is 2.60 bits per heavy atom. The van der Waals surface area contributed by atoms with Crippen LogP contribution in [0.3, 0.4) is 0 Å². The fraction of sp³-hybridized carbons (Fsp3) is 0.812. The van der Waals surface area contributed by atoms with Crippen molar-refractivity contribution in [3.05, 3.63) is 10.6 Å². The molecule has 4 heteroatoms. The summed E-state index contributed by atoms with van der Waals surface area (Å²) in [6, 6.07) is 0.724. The lowest BCUT2D eigenvalue weighted by atomic mass is 9.96. The Kier molecular flexibility index (Phi) is 3.47. The first kappa shape index (κ1) is 13.1. The highest BCUT2D eigenvalue weighted by molar-refractivity contribution is 7.15. The summed E-state index contributed by atoms with van der Waals surface area (Å²) in [4.78, 5) is 8.63. The molecule has 0 aromatic carbocycles. The molecular weight excluding hydrogens is 268 g/mol. The summed E-state index contributed by atoms with van der Waals surface area (Å²) in [7, 11) is 0. The summed E-state index contributed by atoms with van der Waals surface area (Å²) >= 11 is 1.75. The third-order valence-electron chi connectivity index (χ3n) is 5.31. The van der Waals surface area contributed by atoms with Crippen molar-refractivity contribution in [3.8, 4) is 0 Å². The highest BCUT2D eigenvalue weighted by atomic mass is 32.1. The van der Waals surface area contributed by atoms with E-state index in [1.165, 1.54) is 68.7 Å². The molecule has 0 amide bonds. The van der Waals surface area contributed by atoms with E-state index in [9.17, 15) is 5.11 Å². The smallest absolute Gasteiger partial charge is 0.186 e. The van der Waals surface area contributed by atoms with Crippen LogP contribution in [0.15, 0.2) is 0 Å². The zero-order chi connectivity index (χ0) is 13.5. The van der Waals surface area contributed by atoms with E-state index in [0.29, 0.717) is 5.92 Å². The van der Waals surface area contributed by atoms with Gasteiger partial charge in [0.2, 0.25) is 0 Å². The number of aliphatic hydroxyl groups excluding tert-OH is 1. The number of hydrogen-bond acceptors (Lipinski definition) is 4. The van der Waals surface area contributed by atoms with E-state index in [0.717, 1.165) is 16.8 Å². The Morgan fingerprint density at radius 2 is 1.90 bits per heavy atom. The Bertz CT molecular complexity index is 477. The summed E-state index contributed by atoms with van der Waals surface area (Å²) in [5.41, 5.74) is 1.21. The molecule has 1 aromatic heterocycles. The van der Waals surface area contributed by atoms with E-state index in [1.54, 1.807) is 11.3 Å². The molecule has 1 atom stereocenters. The Labute approximate surface area is 125 Å². The predicted octanol–water partition coefficient (Wildman–Crippen LogP) is 3.67. The van der Waals surface area contributed by atoms with Crippen LogP contribution in [-0.4, -0.2) is 22.7 Å². The first-order valence-corrected chi connectivity index (χ1v) is 9.05. The molecule has 20 heavy (non-hydrogen) atoms. The second-order valence-electron chi connectivity index (χ2n) is 6.68. The van der Waals surface area contributed by atoms with E-state index >= 15 is 0 Å². The zero-order valence-corrected chi connectivity index (χ0v) is 12.9. The van der Waals surface area contributed by atoms with Gasteiger partial charge in [-0.15, -0.1) is 0 Å². The number of aliphatic hydroxyl groups is 1. The van der Waals surface area contributed by atoms with Crippen LogP contribution in [0.4, 0.5) is 5.13 Å². The number of nitrogens with zero attached hydrogens (tertiary/aromatic N) is 2. The lowest BCUT2D eigenvalue weighted by molar-refractivity contribution is 0.284. The minimum atomic E-state index is 0.172. The second kappa shape index (κ2) is 5.30. The number of anilines is 1. The molecule has 2 heterocycles. The van der Waals surface area contributed by atoms with Gasteiger partial charge in [0, 0.05) is 18.5 Å². The van der Waals surface area contributed by atoms with Gasteiger partial charge < -0.3 is 10.0 Å². The fourth-order valence-electron chi connectivity index (χ4n) is 4.12. The average molecular weight is 292 g/mol. The summed E-state index contributed by atoms with van der Waals surface area (Å²) < 4.78 is 0. The normalized spacial score (nSPS) is 27.6. The van der Waals surface area contributed by atoms with Crippen molar-refractivity contribution in [2.45, 2.75) is 69.9 Å². The number of thiazole rings is 1. The highest BCUT2D eigenvalue weighted by Gasteiger charge is 2.36. The third-order valence-corrected chi connectivity index (χ3v) is 6.41.